The summed E-state index contributed by atoms with van der Waals surface area (Å²) >= 11 is 0. The fourth-order valence-electron chi connectivity index (χ4n) is 2.29. The highest BCUT2D eigenvalue weighted by atomic mass is 14.2. The van der Waals surface area contributed by atoms with Gasteiger partial charge in [0.15, 0.2) is 0 Å². The van der Waals surface area contributed by atoms with E-state index in [2.05, 4.69) is 53.7 Å². The summed E-state index contributed by atoms with van der Waals surface area (Å²) in [5.74, 6) is 0. The van der Waals surface area contributed by atoms with E-state index in [-0.39, 0.29) is 0 Å². The lowest BCUT2D eigenvalue weighted by Gasteiger charge is -2.17. The van der Waals surface area contributed by atoms with Gasteiger partial charge >= 0.3 is 0 Å². The highest BCUT2D eigenvalue weighted by Gasteiger charge is 2.10. The average Bonchev–Trinajstić information content (AvgIpc) is 2.22. The second kappa shape index (κ2) is 5.34. The van der Waals surface area contributed by atoms with E-state index in [1.54, 1.807) is 5.57 Å². The molecule has 0 aliphatic rings. The quantitative estimate of drug-likeness (QED) is 0.651. The molecule has 16 heavy (non-hydrogen) atoms. The summed E-state index contributed by atoms with van der Waals surface area (Å²) in [6.45, 7) is 13.4. The first-order chi connectivity index (χ1) is 7.49. The largest absolute Gasteiger partial charge is 0.0726 e. The molecule has 0 saturated carbocycles. The molecule has 0 heterocycles. The molecule has 0 heteroatoms. The van der Waals surface area contributed by atoms with Crippen LogP contribution in [0.4, 0.5) is 0 Å². The number of aryl methyl sites for hydroxylation is 2. The van der Waals surface area contributed by atoms with Gasteiger partial charge in [-0.3, -0.25) is 0 Å². The third-order valence-corrected chi connectivity index (χ3v) is 3.35. The van der Waals surface area contributed by atoms with E-state index < -0.39 is 0 Å². The lowest BCUT2D eigenvalue weighted by molar-refractivity contribution is 0.960. The summed E-state index contributed by atoms with van der Waals surface area (Å²) in [7, 11) is 0. The van der Waals surface area contributed by atoms with Gasteiger partial charge in [0.05, 0.1) is 0 Å². The predicted molar refractivity (Wildman–Crippen MR) is 73.8 cm³/mol. The summed E-state index contributed by atoms with van der Waals surface area (Å²) in [6.07, 6.45) is 2.40. The standard InChI is InChI=1S/C16H24/c1-7-8-15(11(2)3)16-13(5)10-9-12(4)14(16)6/h9-10H,7-8H2,1-6H3. The van der Waals surface area contributed by atoms with Crippen LogP contribution < -0.4 is 0 Å². The maximum atomic E-state index is 2.25. The molecular formula is C16H24. The zero-order valence-corrected chi connectivity index (χ0v) is 11.6. The van der Waals surface area contributed by atoms with E-state index in [1.165, 1.54) is 40.7 Å². The Kier molecular flexibility index (Phi) is 4.35. The molecule has 0 atom stereocenters. The van der Waals surface area contributed by atoms with Gasteiger partial charge in [0.1, 0.15) is 0 Å². The van der Waals surface area contributed by atoms with E-state index in [9.17, 15) is 0 Å². The van der Waals surface area contributed by atoms with Crippen molar-refractivity contribution in [3.63, 3.8) is 0 Å². The topological polar surface area (TPSA) is 0 Å². The summed E-state index contributed by atoms with van der Waals surface area (Å²) in [4.78, 5) is 0. The van der Waals surface area contributed by atoms with Gasteiger partial charge in [-0.1, -0.05) is 31.1 Å². The Morgan fingerprint density at radius 3 is 2.06 bits per heavy atom. The van der Waals surface area contributed by atoms with E-state index >= 15 is 0 Å². The maximum absolute atomic E-state index is 2.25. The molecule has 0 aliphatic carbocycles. The van der Waals surface area contributed by atoms with E-state index in [0.29, 0.717) is 0 Å². The van der Waals surface area contributed by atoms with Crippen molar-refractivity contribution in [2.45, 2.75) is 54.4 Å². The number of rotatable bonds is 3. The van der Waals surface area contributed by atoms with Gasteiger partial charge in [-0.15, -0.1) is 0 Å². The molecule has 0 aliphatic heterocycles. The van der Waals surface area contributed by atoms with Gasteiger partial charge in [0, 0.05) is 0 Å². The molecule has 1 aromatic carbocycles. The molecule has 0 bridgehead atoms. The second-order valence-corrected chi connectivity index (χ2v) is 4.93. The molecule has 0 fully saturated rings. The summed E-state index contributed by atoms with van der Waals surface area (Å²) in [5.41, 5.74) is 8.74. The van der Waals surface area contributed by atoms with Crippen LogP contribution in [0, 0.1) is 20.8 Å². The van der Waals surface area contributed by atoms with Crippen molar-refractivity contribution in [3.8, 4) is 0 Å². The Hall–Kier alpha value is -1.04. The van der Waals surface area contributed by atoms with Crippen molar-refractivity contribution in [2.75, 3.05) is 0 Å². The van der Waals surface area contributed by atoms with Crippen molar-refractivity contribution in [1.29, 1.82) is 0 Å². The van der Waals surface area contributed by atoms with Crippen LogP contribution in [-0.4, -0.2) is 0 Å². The van der Waals surface area contributed by atoms with Gasteiger partial charge in [-0.05, 0) is 68.9 Å². The molecule has 0 aromatic heterocycles. The van der Waals surface area contributed by atoms with Crippen LogP contribution in [0.3, 0.4) is 0 Å². The van der Waals surface area contributed by atoms with Crippen LogP contribution in [-0.2, 0) is 0 Å². The minimum absolute atomic E-state index is 1.19. The van der Waals surface area contributed by atoms with Crippen molar-refractivity contribution in [2.24, 2.45) is 0 Å². The number of hydrogen-bond acceptors (Lipinski definition) is 0. The van der Waals surface area contributed by atoms with Crippen molar-refractivity contribution in [1.82, 2.24) is 0 Å². The van der Waals surface area contributed by atoms with E-state index in [4.69, 9.17) is 0 Å². The highest BCUT2D eigenvalue weighted by molar-refractivity contribution is 5.73. The third kappa shape index (κ3) is 2.55. The maximum Gasteiger partial charge on any atom is -0.0164 e. The molecule has 1 aromatic rings. The fourth-order valence-corrected chi connectivity index (χ4v) is 2.29. The first kappa shape index (κ1) is 13.0. The molecule has 88 valence electrons. The van der Waals surface area contributed by atoms with Crippen molar-refractivity contribution in [3.05, 3.63) is 40.0 Å². The normalized spacial score (nSPS) is 10.4. The van der Waals surface area contributed by atoms with Gasteiger partial charge < -0.3 is 0 Å². The van der Waals surface area contributed by atoms with Gasteiger partial charge in [-0.25, -0.2) is 0 Å². The molecule has 0 saturated heterocycles. The van der Waals surface area contributed by atoms with Gasteiger partial charge in [0.2, 0.25) is 0 Å². The second-order valence-electron chi connectivity index (χ2n) is 4.93. The summed E-state index contributed by atoms with van der Waals surface area (Å²) in [5, 5.41) is 0. The van der Waals surface area contributed by atoms with Gasteiger partial charge in [0.25, 0.3) is 0 Å². The minimum atomic E-state index is 1.19. The predicted octanol–water partition coefficient (Wildman–Crippen LogP) is 5.21. The molecule has 0 radical (unpaired) electrons. The minimum Gasteiger partial charge on any atom is -0.0726 e. The summed E-state index contributed by atoms with van der Waals surface area (Å²) in [6, 6.07) is 4.47. The molecule has 0 amide bonds. The number of benzene rings is 1. The molecule has 0 N–H and O–H groups in total. The van der Waals surface area contributed by atoms with Gasteiger partial charge in [-0.2, -0.15) is 0 Å². The molecule has 0 unspecified atom stereocenters. The Morgan fingerprint density at radius 1 is 1.00 bits per heavy atom. The zero-order chi connectivity index (χ0) is 12.3. The first-order valence-corrected chi connectivity index (χ1v) is 6.22. The lowest BCUT2D eigenvalue weighted by Crippen LogP contribution is -1.97. The molecule has 0 spiro atoms. The third-order valence-electron chi connectivity index (χ3n) is 3.35. The number of hydrogen-bond donors (Lipinski definition) is 0. The fraction of sp³-hybridized carbons (Fsp3) is 0.500. The van der Waals surface area contributed by atoms with Crippen LogP contribution in [0.25, 0.3) is 5.57 Å². The average molecular weight is 216 g/mol. The van der Waals surface area contributed by atoms with Crippen molar-refractivity contribution >= 4 is 5.57 Å². The Bertz CT molecular complexity index is 404. The van der Waals surface area contributed by atoms with Crippen LogP contribution in [0.5, 0.6) is 0 Å². The molecule has 0 nitrogen and oxygen atoms in total. The SMILES string of the molecule is CCCC(=C(C)C)c1c(C)ccc(C)c1C. The van der Waals surface area contributed by atoms with E-state index in [1.807, 2.05) is 0 Å². The van der Waals surface area contributed by atoms with E-state index in [0.717, 1.165) is 0 Å². The Balaban J connectivity index is 3.41. The Labute approximate surface area is 100 Å². The first-order valence-electron chi connectivity index (χ1n) is 6.22. The monoisotopic (exact) mass is 216 g/mol. The van der Waals surface area contributed by atoms with Crippen LogP contribution in [0.2, 0.25) is 0 Å². The molecular weight excluding hydrogens is 192 g/mol. The van der Waals surface area contributed by atoms with Crippen LogP contribution >= 0.6 is 0 Å². The Morgan fingerprint density at radius 2 is 1.56 bits per heavy atom. The lowest BCUT2D eigenvalue weighted by atomic mass is 9.88. The summed E-state index contributed by atoms with van der Waals surface area (Å²) < 4.78 is 0. The highest BCUT2D eigenvalue weighted by Crippen LogP contribution is 2.30. The zero-order valence-electron chi connectivity index (χ0n) is 11.6. The van der Waals surface area contributed by atoms with Crippen LogP contribution in [0.1, 0.15) is 55.9 Å². The smallest absolute Gasteiger partial charge is 0.0164 e. The van der Waals surface area contributed by atoms with Crippen LogP contribution in [0.15, 0.2) is 17.7 Å². The molecule has 1 rings (SSSR count). The van der Waals surface area contributed by atoms with Crippen molar-refractivity contribution < 1.29 is 0 Å². The number of allylic oxidation sites excluding steroid dienone is 2.